The van der Waals surface area contributed by atoms with E-state index in [0.717, 1.165) is 10.8 Å². The highest BCUT2D eigenvalue weighted by molar-refractivity contribution is 7.89. The van der Waals surface area contributed by atoms with E-state index in [0.29, 0.717) is 18.0 Å². The van der Waals surface area contributed by atoms with Crippen molar-refractivity contribution in [1.82, 2.24) is 4.31 Å². The van der Waals surface area contributed by atoms with Crippen LogP contribution in [-0.2, 0) is 10.0 Å². The lowest BCUT2D eigenvalue weighted by molar-refractivity contribution is 0.464. The first-order chi connectivity index (χ1) is 9.48. The molecule has 1 aliphatic rings. The van der Waals surface area contributed by atoms with Crippen molar-refractivity contribution >= 4 is 33.2 Å². The molecule has 0 amide bonds. The summed E-state index contributed by atoms with van der Waals surface area (Å²) in [6, 6.07) is 12.9. The van der Waals surface area contributed by atoms with Gasteiger partial charge in [0, 0.05) is 19.1 Å². The van der Waals surface area contributed by atoms with Crippen LogP contribution in [-0.4, -0.2) is 31.9 Å². The molecule has 1 aliphatic heterocycles. The lowest BCUT2D eigenvalue weighted by Gasteiger charge is -2.16. The molecule has 0 spiro atoms. The largest absolute Gasteiger partial charge is 0.326 e. The summed E-state index contributed by atoms with van der Waals surface area (Å²) in [5.41, 5.74) is 5.93. The van der Waals surface area contributed by atoms with Crippen molar-refractivity contribution in [3.05, 3.63) is 42.5 Å². The summed E-state index contributed by atoms with van der Waals surface area (Å²) in [4.78, 5) is 0.345. The van der Waals surface area contributed by atoms with E-state index in [-0.39, 0.29) is 24.4 Å². The predicted octanol–water partition coefficient (Wildman–Crippen LogP) is 2.23. The molecule has 114 valence electrons. The first kappa shape index (κ1) is 16.2. The molecule has 0 saturated carbocycles. The van der Waals surface area contributed by atoms with Gasteiger partial charge < -0.3 is 5.73 Å². The third-order valence-corrected chi connectivity index (χ3v) is 5.82. The van der Waals surface area contributed by atoms with Crippen LogP contribution in [0.3, 0.4) is 0 Å². The summed E-state index contributed by atoms with van der Waals surface area (Å²) in [6.07, 6.45) is 0. The van der Waals surface area contributed by atoms with Crippen molar-refractivity contribution in [3.63, 3.8) is 0 Å². The van der Waals surface area contributed by atoms with Crippen LogP contribution in [0.5, 0.6) is 0 Å². The van der Waals surface area contributed by atoms with Gasteiger partial charge in [0.15, 0.2) is 0 Å². The zero-order valence-electron chi connectivity index (χ0n) is 11.8. The monoisotopic (exact) mass is 326 g/mol. The zero-order chi connectivity index (χ0) is 14.3. The third kappa shape index (κ3) is 2.92. The number of nitrogens with zero attached hydrogens (tertiary/aromatic N) is 1. The van der Waals surface area contributed by atoms with Crippen molar-refractivity contribution in [2.75, 3.05) is 13.1 Å². The van der Waals surface area contributed by atoms with E-state index >= 15 is 0 Å². The summed E-state index contributed by atoms with van der Waals surface area (Å²) in [7, 11) is -3.44. The fourth-order valence-corrected chi connectivity index (χ4v) is 4.23. The molecule has 0 aliphatic carbocycles. The first-order valence-corrected chi connectivity index (χ1v) is 8.17. The van der Waals surface area contributed by atoms with Gasteiger partial charge in [0.05, 0.1) is 4.90 Å². The quantitative estimate of drug-likeness (QED) is 0.920. The van der Waals surface area contributed by atoms with Gasteiger partial charge in [-0.05, 0) is 28.8 Å². The average molecular weight is 327 g/mol. The molecule has 4 nitrogen and oxygen atoms in total. The minimum atomic E-state index is -3.44. The second-order valence-corrected chi connectivity index (χ2v) is 7.41. The highest BCUT2D eigenvalue weighted by Crippen LogP contribution is 2.26. The van der Waals surface area contributed by atoms with Crippen LogP contribution >= 0.6 is 12.4 Å². The van der Waals surface area contributed by atoms with Crippen LogP contribution in [0.2, 0.25) is 0 Å². The number of fused-ring (bicyclic) bond motifs is 1. The molecule has 1 fully saturated rings. The number of sulfonamides is 1. The van der Waals surface area contributed by atoms with E-state index in [9.17, 15) is 8.42 Å². The number of nitrogens with two attached hydrogens (primary N) is 1. The van der Waals surface area contributed by atoms with Crippen LogP contribution in [0.1, 0.15) is 6.92 Å². The van der Waals surface area contributed by atoms with Crippen LogP contribution in [0.25, 0.3) is 10.8 Å². The molecule has 0 bridgehead atoms. The number of rotatable bonds is 2. The summed E-state index contributed by atoms with van der Waals surface area (Å²) in [5, 5.41) is 1.98. The van der Waals surface area contributed by atoms with Crippen molar-refractivity contribution in [2.45, 2.75) is 17.9 Å². The smallest absolute Gasteiger partial charge is 0.243 e. The Kier molecular flexibility index (Phi) is 4.58. The number of halogens is 1. The van der Waals surface area contributed by atoms with Crippen LogP contribution < -0.4 is 5.73 Å². The van der Waals surface area contributed by atoms with Gasteiger partial charge in [0.2, 0.25) is 10.0 Å². The van der Waals surface area contributed by atoms with Crippen molar-refractivity contribution in [1.29, 1.82) is 0 Å². The van der Waals surface area contributed by atoms with Crippen molar-refractivity contribution in [2.24, 2.45) is 11.7 Å². The molecule has 21 heavy (non-hydrogen) atoms. The van der Waals surface area contributed by atoms with Gasteiger partial charge in [0.1, 0.15) is 0 Å². The maximum absolute atomic E-state index is 12.6. The minimum Gasteiger partial charge on any atom is -0.326 e. The summed E-state index contributed by atoms with van der Waals surface area (Å²) in [6.45, 7) is 2.88. The summed E-state index contributed by atoms with van der Waals surface area (Å²) in [5.74, 6) is 0.199. The first-order valence-electron chi connectivity index (χ1n) is 6.73. The molecule has 2 aromatic rings. The lowest BCUT2D eigenvalue weighted by Crippen LogP contribution is -2.32. The summed E-state index contributed by atoms with van der Waals surface area (Å²) >= 11 is 0. The average Bonchev–Trinajstić information content (AvgIpc) is 2.79. The molecule has 6 heteroatoms. The second-order valence-electron chi connectivity index (χ2n) is 5.47. The maximum atomic E-state index is 12.6. The van der Waals surface area contributed by atoms with Gasteiger partial charge in [-0.3, -0.25) is 0 Å². The Labute approximate surface area is 131 Å². The Hall–Kier alpha value is -1.14. The standard InChI is InChI=1S/C15H18N2O2S.ClH/c1-11-9-17(10-15(11)16)20(18,19)14-7-6-12-4-2-3-5-13(12)8-14;/h2-8,11,15H,9-10,16H2,1H3;1H. The Morgan fingerprint density at radius 1 is 1.10 bits per heavy atom. The zero-order valence-corrected chi connectivity index (χ0v) is 13.4. The predicted molar refractivity (Wildman–Crippen MR) is 87.1 cm³/mol. The van der Waals surface area contributed by atoms with E-state index in [1.165, 1.54) is 4.31 Å². The fraction of sp³-hybridized carbons (Fsp3) is 0.333. The SMILES string of the molecule is CC1CN(S(=O)(=O)c2ccc3ccccc3c2)CC1N.Cl. The van der Waals surface area contributed by atoms with Gasteiger partial charge in [-0.1, -0.05) is 37.3 Å². The fourth-order valence-electron chi connectivity index (χ4n) is 2.62. The second kappa shape index (κ2) is 5.93. The lowest BCUT2D eigenvalue weighted by atomic mass is 10.1. The molecular weight excluding hydrogens is 308 g/mol. The highest BCUT2D eigenvalue weighted by Gasteiger charge is 2.35. The number of benzene rings is 2. The molecule has 2 atom stereocenters. The van der Waals surface area contributed by atoms with Crippen molar-refractivity contribution in [3.8, 4) is 0 Å². The van der Waals surface area contributed by atoms with Gasteiger partial charge in [0.25, 0.3) is 0 Å². The Bertz CT molecular complexity index is 738. The van der Waals surface area contributed by atoms with Gasteiger partial charge in [-0.15, -0.1) is 12.4 Å². The minimum absolute atomic E-state index is 0. The van der Waals surface area contributed by atoms with Crippen LogP contribution in [0.4, 0.5) is 0 Å². The molecule has 2 N–H and O–H groups in total. The molecule has 2 aromatic carbocycles. The third-order valence-electron chi connectivity index (χ3n) is 4.00. The molecule has 1 saturated heterocycles. The normalized spacial score (nSPS) is 23.1. The Morgan fingerprint density at radius 2 is 1.76 bits per heavy atom. The van der Waals surface area contributed by atoms with E-state index in [4.69, 9.17) is 5.73 Å². The number of hydrogen-bond donors (Lipinski definition) is 1. The number of hydrogen-bond acceptors (Lipinski definition) is 3. The maximum Gasteiger partial charge on any atom is 0.243 e. The van der Waals surface area contributed by atoms with E-state index in [1.54, 1.807) is 12.1 Å². The highest BCUT2D eigenvalue weighted by atomic mass is 35.5. The van der Waals surface area contributed by atoms with E-state index in [2.05, 4.69) is 0 Å². The van der Waals surface area contributed by atoms with Crippen molar-refractivity contribution < 1.29 is 8.42 Å². The van der Waals surface area contributed by atoms with E-state index < -0.39 is 10.0 Å². The van der Waals surface area contributed by atoms with Crippen LogP contribution in [0.15, 0.2) is 47.4 Å². The Morgan fingerprint density at radius 3 is 2.38 bits per heavy atom. The van der Waals surface area contributed by atoms with Gasteiger partial charge in [-0.25, -0.2) is 8.42 Å². The molecule has 2 unspecified atom stereocenters. The molecule has 0 aromatic heterocycles. The molecular formula is C15H19ClN2O2S. The molecule has 1 heterocycles. The summed E-state index contributed by atoms with van der Waals surface area (Å²) < 4.78 is 26.8. The van der Waals surface area contributed by atoms with Gasteiger partial charge >= 0.3 is 0 Å². The molecule has 3 rings (SSSR count). The van der Waals surface area contributed by atoms with Gasteiger partial charge in [-0.2, -0.15) is 4.31 Å². The molecule has 0 radical (unpaired) electrons. The topological polar surface area (TPSA) is 63.4 Å². The van der Waals surface area contributed by atoms with Crippen LogP contribution in [0, 0.1) is 5.92 Å². The Balaban J connectivity index is 0.00000161. The van der Waals surface area contributed by atoms with E-state index in [1.807, 2.05) is 37.3 Å².